The molecule has 0 aliphatic carbocycles. The fourth-order valence-electron chi connectivity index (χ4n) is 1.40. The van der Waals surface area contributed by atoms with Gasteiger partial charge in [-0.1, -0.05) is 13.0 Å². The summed E-state index contributed by atoms with van der Waals surface area (Å²) in [7, 11) is 0. The van der Waals surface area contributed by atoms with Crippen LogP contribution in [0.2, 0.25) is 0 Å². The van der Waals surface area contributed by atoms with Crippen LogP contribution in [0.5, 0.6) is 11.5 Å². The van der Waals surface area contributed by atoms with E-state index in [0.717, 1.165) is 5.56 Å². The van der Waals surface area contributed by atoms with Crippen molar-refractivity contribution in [3.8, 4) is 11.5 Å². The van der Waals surface area contributed by atoms with E-state index in [4.69, 9.17) is 5.11 Å². The van der Waals surface area contributed by atoms with Crippen molar-refractivity contribution in [2.45, 2.75) is 26.2 Å². The van der Waals surface area contributed by atoms with Gasteiger partial charge in [0, 0.05) is 6.42 Å². The topological polar surface area (TPSA) is 57.5 Å². The van der Waals surface area contributed by atoms with Crippen molar-refractivity contribution < 1.29 is 15.0 Å². The highest BCUT2D eigenvalue weighted by Crippen LogP contribution is 2.29. The molecule has 0 aliphatic heterocycles. The van der Waals surface area contributed by atoms with Crippen molar-refractivity contribution in [3.05, 3.63) is 23.8 Å². The number of ketones is 1. The van der Waals surface area contributed by atoms with Gasteiger partial charge in [0.05, 0.1) is 0 Å². The summed E-state index contributed by atoms with van der Waals surface area (Å²) in [4.78, 5) is 10.9. The van der Waals surface area contributed by atoms with Crippen molar-refractivity contribution >= 4 is 5.78 Å². The highest BCUT2D eigenvalue weighted by atomic mass is 16.3. The van der Waals surface area contributed by atoms with Crippen molar-refractivity contribution in [3.63, 3.8) is 0 Å². The van der Waals surface area contributed by atoms with Crippen molar-refractivity contribution in [2.24, 2.45) is 0 Å². The van der Waals surface area contributed by atoms with E-state index >= 15 is 0 Å². The smallest absolute Gasteiger partial charge is 0.157 e. The average molecular weight is 194 g/mol. The van der Waals surface area contributed by atoms with Gasteiger partial charge in [-0.3, -0.25) is 0 Å². The maximum atomic E-state index is 10.9. The monoisotopic (exact) mass is 194 g/mol. The molecular formula is C11H14O3. The molecule has 0 spiro atoms. The zero-order valence-corrected chi connectivity index (χ0v) is 8.32. The maximum absolute atomic E-state index is 10.9. The molecule has 3 heteroatoms. The number of aromatic hydroxyl groups is 2. The summed E-state index contributed by atoms with van der Waals surface area (Å²) >= 11 is 0. The third-order valence-electron chi connectivity index (χ3n) is 2.16. The summed E-state index contributed by atoms with van der Waals surface area (Å²) in [6, 6.07) is 4.63. The van der Waals surface area contributed by atoms with Gasteiger partial charge < -0.3 is 15.0 Å². The molecule has 0 bridgehead atoms. The van der Waals surface area contributed by atoms with Crippen LogP contribution in [-0.4, -0.2) is 16.0 Å². The van der Waals surface area contributed by atoms with E-state index in [2.05, 4.69) is 0 Å². The highest BCUT2D eigenvalue weighted by Gasteiger charge is 2.10. The lowest BCUT2D eigenvalue weighted by Gasteiger charge is -2.10. The minimum absolute atomic E-state index is 0.0685. The number of phenols is 2. The minimum atomic E-state index is -0.141. The number of rotatable bonds is 3. The molecule has 0 aliphatic rings. The highest BCUT2D eigenvalue weighted by molar-refractivity contribution is 5.76. The van der Waals surface area contributed by atoms with E-state index in [1.165, 1.54) is 19.1 Å². The van der Waals surface area contributed by atoms with E-state index < -0.39 is 0 Å². The number of benzene rings is 1. The Labute approximate surface area is 83.0 Å². The summed E-state index contributed by atoms with van der Waals surface area (Å²) in [5.41, 5.74) is 0.857. The van der Waals surface area contributed by atoms with Gasteiger partial charge in [-0.15, -0.1) is 0 Å². The van der Waals surface area contributed by atoms with E-state index in [1.54, 1.807) is 6.07 Å². The second-order valence-electron chi connectivity index (χ2n) is 3.56. The van der Waals surface area contributed by atoms with Crippen LogP contribution in [-0.2, 0) is 4.79 Å². The summed E-state index contributed by atoms with van der Waals surface area (Å²) < 4.78 is 0. The van der Waals surface area contributed by atoms with E-state index in [1.807, 2.05) is 6.92 Å². The van der Waals surface area contributed by atoms with Crippen molar-refractivity contribution in [1.82, 2.24) is 0 Å². The molecule has 76 valence electrons. The van der Waals surface area contributed by atoms with Gasteiger partial charge in [0.25, 0.3) is 0 Å². The van der Waals surface area contributed by atoms with E-state index in [9.17, 15) is 9.90 Å². The van der Waals surface area contributed by atoms with Crippen LogP contribution in [0.1, 0.15) is 31.7 Å². The standard InChI is InChI=1S/C11H14O3/c1-7(5-8(2)12)9-3-4-10(13)11(14)6-9/h3-4,6-7,13-14H,5H2,1-2H3. The molecule has 1 atom stereocenters. The van der Waals surface area contributed by atoms with Crippen molar-refractivity contribution in [1.29, 1.82) is 0 Å². The van der Waals surface area contributed by atoms with Crippen LogP contribution < -0.4 is 0 Å². The average Bonchev–Trinajstić information content (AvgIpc) is 2.08. The molecule has 0 saturated carbocycles. The molecule has 0 aromatic heterocycles. The van der Waals surface area contributed by atoms with E-state index in [0.29, 0.717) is 6.42 Å². The predicted octanol–water partition coefficient (Wildman–Crippen LogP) is 2.18. The van der Waals surface area contributed by atoms with Gasteiger partial charge in [-0.2, -0.15) is 0 Å². The molecule has 1 aromatic carbocycles. The number of hydrogen-bond donors (Lipinski definition) is 2. The Morgan fingerprint density at radius 2 is 2.00 bits per heavy atom. The molecule has 0 saturated heterocycles. The molecule has 3 nitrogen and oxygen atoms in total. The molecule has 0 amide bonds. The molecule has 0 fully saturated rings. The molecule has 0 radical (unpaired) electrons. The first kappa shape index (κ1) is 10.6. The number of phenolic OH excluding ortho intramolecular Hbond substituents is 2. The lowest BCUT2D eigenvalue weighted by Crippen LogP contribution is -1.99. The van der Waals surface area contributed by atoms with Gasteiger partial charge >= 0.3 is 0 Å². The quantitative estimate of drug-likeness (QED) is 0.725. The molecule has 1 rings (SSSR count). The Morgan fingerprint density at radius 1 is 1.36 bits per heavy atom. The molecular weight excluding hydrogens is 180 g/mol. The lowest BCUT2D eigenvalue weighted by atomic mass is 9.96. The Bertz CT molecular complexity index is 344. The predicted molar refractivity (Wildman–Crippen MR) is 53.5 cm³/mol. The van der Waals surface area contributed by atoms with Crippen LogP contribution in [0.15, 0.2) is 18.2 Å². The van der Waals surface area contributed by atoms with Crippen LogP contribution in [0, 0.1) is 0 Å². The molecule has 2 N–H and O–H groups in total. The van der Waals surface area contributed by atoms with Crippen LogP contribution in [0.25, 0.3) is 0 Å². The molecule has 0 heterocycles. The number of carbonyl (C=O) groups excluding carboxylic acids is 1. The molecule has 1 aromatic rings. The third kappa shape index (κ3) is 2.49. The number of carbonyl (C=O) groups is 1. The normalized spacial score (nSPS) is 12.4. The van der Waals surface area contributed by atoms with Gasteiger partial charge in [-0.25, -0.2) is 0 Å². The Morgan fingerprint density at radius 3 is 2.50 bits per heavy atom. The second kappa shape index (κ2) is 4.13. The summed E-state index contributed by atoms with van der Waals surface area (Å²) in [5.74, 6) is -0.0919. The largest absolute Gasteiger partial charge is 0.504 e. The first-order valence-corrected chi connectivity index (χ1v) is 4.52. The Hall–Kier alpha value is -1.51. The minimum Gasteiger partial charge on any atom is -0.504 e. The first-order valence-electron chi connectivity index (χ1n) is 4.52. The maximum Gasteiger partial charge on any atom is 0.157 e. The van der Waals surface area contributed by atoms with Gasteiger partial charge in [-0.05, 0) is 30.5 Å². The molecule has 14 heavy (non-hydrogen) atoms. The summed E-state index contributed by atoms with van der Waals surface area (Å²) in [5, 5.41) is 18.3. The molecule has 1 unspecified atom stereocenters. The second-order valence-corrected chi connectivity index (χ2v) is 3.56. The lowest BCUT2D eigenvalue weighted by molar-refractivity contribution is -0.117. The Balaban J connectivity index is 2.85. The third-order valence-corrected chi connectivity index (χ3v) is 2.16. The van der Waals surface area contributed by atoms with Crippen LogP contribution in [0.4, 0.5) is 0 Å². The summed E-state index contributed by atoms with van der Waals surface area (Å²) in [6.45, 7) is 3.45. The SMILES string of the molecule is CC(=O)CC(C)c1ccc(O)c(O)c1. The summed E-state index contributed by atoms with van der Waals surface area (Å²) in [6.07, 6.45) is 0.449. The van der Waals surface area contributed by atoms with Crippen LogP contribution >= 0.6 is 0 Å². The van der Waals surface area contributed by atoms with Gasteiger partial charge in [0.2, 0.25) is 0 Å². The zero-order valence-electron chi connectivity index (χ0n) is 8.32. The van der Waals surface area contributed by atoms with E-state index in [-0.39, 0.29) is 23.2 Å². The zero-order chi connectivity index (χ0) is 10.7. The number of hydrogen-bond acceptors (Lipinski definition) is 3. The fourth-order valence-corrected chi connectivity index (χ4v) is 1.40. The van der Waals surface area contributed by atoms with Gasteiger partial charge in [0.15, 0.2) is 11.5 Å². The van der Waals surface area contributed by atoms with Gasteiger partial charge in [0.1, 0.15) is 5.78 Å². The first-order chi connectivity index (χ1) is 6.50. The fraction of sp³-hybridized carbons (Fsp3) is 0.364. The Kier molecular flexibility index (Phi) is 3.12. The number of Topliss-reactive ketones (excluding diaryl/α,β-unsaturated/α-hetero) is 1. The van der Waals surface area contributed by atoms with Crippen LogP contribution in [0.3, 0.4) is 0 Å². The van der Waals surface area contributed by atoms with Crippen molar-refractivity contribution in [2.75, 3.05) is 0 Å².